The molecule has 0 atom stereocenters. The second-order valence-corrected chi connectivity index (χ2v) is 12.0. The van der Waals surface area contributed by atoms with Crippen molar-refractivity contribution in [3.63, 3.8) is 0 Å². The maximum atomic E-state index is 9.09. The fraction of sp³-hybridized carbons (Fsp3) is 0. The summed E-state index contributed by atoms with van der Waals surface area (Å²) in [6, 6.07) is 56.1. The van der Waals surface area contributed by atoms with E-state index in [1.807, 2.05) is 127 Å². The Morgan fingerprint density at radius 1 is 0.444 bits per heavy atom. The molecular weight excluding hydrogens is 752 g/mol. The zero-order valence-corrected chi connectivity index (χ0v) is 28.7. The summed E-state index contributed by atoms with van der Waals surface area (Å²) in [5.41, 5.74) is 6.68. The lowest BCUT2D eigenvalue weighted by molar-refractivity contribution is 1.28. The van der Waals surface area contributed by atoms with E-state index in [1.165, 1.54) is 0 Å². The lowest BCUT2D eigenvalue weighted by Gasteiger charge is -2.25. The largest absolute Gasteiger partial charge is 0.356 e. The molecule has 0 aliphatic carbocycles. The van der Waals surface area contributed by atoms with E-state index in [2.05, 4.69) is 94.4 Å². The summed E-state index contributed by atoms with van der Waals surface area (Å²) in [5, 5.41) is 20.9. The number of para-hydroxylation sites is 4. The number of anilines is 5. The fourth-order valence-corrected chi connectivity index (χ4v) is 5.72. The van der Waals surface area contributed by atoms with Gasteiger partial charge in [-0.2, -0.15) is 10.5 Å². The Kier molecular flexibility index (Phi) is 13.0. The van der Waals surface area contributed by atoms with Crippen molar-refractivity contribution in [3.05, 3.63) is 182 Å². The summed E-state index contributed by atoms with van der Waals surface area (Å²) in [7, 11) is 0. The normalized spacial score (nSPS) is 9.62. The molecule has 0 fully saturated rings. The van der Waals surface area contributed by atoms with Crippen LogP contribution < -0.4 is 10.2 Å². The Labute approximate surface area is 289 Å². The highest BCUT2D eigenvalue weighted by atomic mass is 79.9. The molecule has 0 amide bonds. The molecule has 1 N–H and O–H groups in total. The zero-order chi connectivity index (χ0) is 31.9. The van der Waals surface area contributed by atoms with Crippen molar-refractivity contribution in [2.75, 3.05) is 10.2 Å². The number of hydrogen-bond acceptors (Lipinski definition) is 4. The molecule has 6 aromatic rings. The number of nitriles is 2. The van der Waals surface area contributed by atoms with Gasteiger partial charge in [-0.1, -0.05) is 88.7 Å². The maximum Gasteiger partial charge on any atom is 0.100 e. The highest BCUT2D eigenvalue weighted by Gasteiger charge is 2.13. The molecule has 0 aliphatic heterocycles. The van der Waals surface area contributed by atoms with Gasteiger partial charge in [0.05, 0.1) is 11.1 Å². The molecular formula is C38H27Br3N4. The Balaban J connectivity index is 0.000000170. The van der Waals surface area contributed by atoms with Gasteiger partial charge in [-0.25, -0.2) is 0 Å². The van der Waals surface area contributed by atoms with Gasteiger partial charge in [0, 0.05) is 41.9 Å². The zero-order valence-electron chi connectivity index (χ0n) is 24.0. The van der Waals surface area contributed by atoms with E-state index in [0.717, 1.165) is 41.9 Å². The molecule has 45 heavy (non-hydrogen) atoms. The first-order chi connectivity index (χ1) is 22.0. The molecule has 220 valence electrons. The van der Waals surface area contributed by atoms with Crippen LogP contribution in [0, 0.1) is 22.7 Å². The third-order valence-electron chi connectivity index (χ3n) is 6.25. The van der Waals surface area contributed by atoms with Gasteiger partial charge in [-0.15, -0.1) is 0 Å². The standard InChI is InChI=1S/C19H13BrN2.C12H11N.C7H3Br2N/c20-19-13-18(12-11-15(19)14-21)22(16-7-3-1-4-8-16)17-9-5-2-6-10-17;1-3-7-11(8-4-1)13-12-9-5-2-6-10-12;8-6-2-1-5(4-10)7(9)3-6/h1-13H;1-10,13H;1-3H. The van der Waals surface area contributed by atoms with Crippen LogP contribution in [0.1, 0.15) is 11.1 Å². The quantitative estimate of drug-likeness (QED) is 0.189. The van der Waals surface area contributed by atoms with Gasteiger partial charge in [-0.3, -0.25) is 0 Å². The van der Waals surface area contributed by atoms with Crippen molar-refractivity contribution in [2.45, 2.75) is 0 Å². The van der Waals surface area contributed by atoms with E-state index in [1.54, 1.807) is 6.07 Å². The van der Waals surface area contributed by atoms with Crippen molar-refractivity contribution < 1.29 is 0 Å². The van der Waals surface area contributed by atoms with Crippen molar-refractivity contribution >= 4 is 76.2 Å². The van der Waals surface area contributed by atoms with Crippen LogP contribution in [-0.2, 0) is 0 Å². The second-order valence-electron chi connectivity index (χ2n) is 9.38. The van der Waals surface area contributed by atoms with E-state index >= 15 is 0 Å². The van der Waals surface area contributed by atoms with Crippen LogP contribution >= 0.6 is 47.8 Å². The number of nitrogens with one attached hydrogen (secondary N) is 1. The molecule has 0 spiro atoms. The minimum absolute atomic E-state index is 0.629. The lowest BCUT2D eigenvalue weighted by Crippen LogP contribution is -2.09. The Bertz CT molecular complexity index is 1790. The lowest BCUT2D eigenvalue weighted by atomic mass is 10.1. The minimum Gasteiger partial charge on any atom is -0.356 e. The fourth-order valence-electron chi connectivity index (χ4n) is 4.12. The SMILES string of the molecule is N#Cc1ccc(Br)cc1Br.N#Cc1ccc(N(c2ccccc2)c2ccccc2)cc1Br.c1ccc(Nc2ccccc2)cc1. The summed E-state index contributed by atoms with van der Waals surface area (Å²) in [6.07, 6.45) is 0. The van der Waals surface area contributed by atoms with Crippen LogP contribution in [-0.4, -0.2) is 0 Å². The first-order valence-electron chi connectivity index (χ1n) is 13.8. The molecule has 4 nitrogen and oxygen atoms in total. The molecule has 6 rings (SSSR count). The second kappa shape index (κ2) is 17.6. The number of benzene rings is 6. The van der Waals surface area contributed by atoms with Gasteiger partial charge < -0.3 is 10.2 Å². The van der Waals surface area contributed by atoms with Crippen molar-refractivity contribution in [1.29, 1.82) is 10.5 Å². The van der Waals surface area contributed by atoms with Gasteiger partial charge in [0.2, 0.25) is 0 Å². The van der Waals surface area contributed by atoms with E-state index in [0.29, 0.717) is 11.1 Å². The van der Waals surface area contributed by atoms with Gasteiger partial charge in [-0.05, 0) is 117 Å². The number of halogens is 3. The average Bonchev–Trinajstić information content (AvgIpc) is 3.08. The number of rotatable bonds is 5. The molecule has 0 heterocycles. The molecule has 0 radical (unpaired) electrons. The molecule has 0 unspecified atom stereocenters. The molecule has 7 heteroatoms. The van der Waals surface area contributed by atoms with Crippen LogP contribution in [0.25, 0.3) is 0 Å². The topological polar surface area (TPSA) is 62.9 Å². The van der Waals surface area contributed by atoms with E-state index in [-0.39, 0.29) is 0 Å². The molecule has 6 aromatic carbocycles. The first-order valence-corrected chi connectivity index (χ1v) is 16.2. The van der Waals surface area contributed by atoms with Crippen LogP contribution in [0.15, 0.2) is 171 Å². The maximum absolute atomic E-state index is 9.09. The van der Waals surface area contributed by atoms with Crippen molar-refractivity contribution in [2.24, 2.45) is 0 Å². The average molecular weight is 779 g/mol. The number of hydrogen-bond donors (Lipinski definition) is 1. The number of nitrogens with zero attached hydrogens (tertiary/aromatic N) is 3. The van der Waals surface area contributed by atoms with Crippen LogP contribution in [0.3, 0.4) is 0 Å². The first kappa shape index (κ1) is 33.2. The molecule has 0 saturated heterocycles. The summed E-state index contributed by atoms with van der Waals surface area (Å²) in [4.78, 5) is 2.16. The summed E-state index contributed by atoms with van der Waals surface area (Å²) in [5.74, 6) is 0. The van der Waals surface area contributed by atoms with E-state index < -0.39 is 0 Å². The van der Waals surface area contributed by atoms with Gasteiger partial charge in [0.1, 0.15) is 12.1 Å². The third-order valence-corrected chi connectivity index (χ3v) is 8.05. The highest BCUT2D eigenvalue weighted by molar-refractivity contribution is 9.11. The van der Waals surface area contributed by atoms with Gasteiger partial charge in [0.25, 0.3) is 0 Å². The predicted molar refractivity (Wildman–Crippen MR) is 196 cm³/mol. The van der Waals surface area contributed by atoms with Gasteiger partial charge >= 0.3 is 0 Å². The highest BCUT2D eigenvalue weighted by Crippen LogP contribution is 2.36. The van der Waals surface area contributed by atoms with Gasteiger partial charge in [0.15, 0.2) is 0 Å². The molecule has 0 aromatic heterocycles. The van der Waals surface area contributed by atoms with Crippen LogP contribution in [0.2, 0.25) is 0 Å². The smallest absolute Gasteiger partial charge is 0.100 e. The van der Waals surface area contributed by atoms with E-state index in [9.17, 15) is 0 Å². The molecule has 0 bridgehead atoms. The minimum atomic E-state index is 0.629. The van der Waals surface area contributed by atoms with Crippen molar-refractivity contribution in [1.82, 2.24) is 0 Å². The van der Waals surface area contributed by atoms with Crippen molar-refractivity contribution in [3.8, 4) is 12.1 Å². The third kappa shape index (κ3) is 10.2. The summed E-state index contributed by atoms with van der Waals surface area (Å²) >= 11 is 10.0. The van der Waals surface area contributed by atoms with Crippen LogP contribution in [0.4, 0.5) is 28.4 Å². The Morgan fingerprint density at radius 3 is 1.24 bits per heavy atom. The predicted octanol–water partition coefficient (Wildman–Crippen LogP) is 12.3. The molecule has 0 saturated carbocycles. The molecule has 0 aliphatic rings. The van der Waals surface area contributed by atoms with Crippen LogP contribution in [0.5, 0.6) is 0 Å². The Morgan fingerprint density at radius 2 is 0.844 bits per heavy atom. The van der Waals surface area contributed by atoms with E-state index in [4.69, 9.17) is 10.5 Å². The summed E-state index contributed by atoms with van der Waals surface area (Å²) in [6.45, 7) is 0. The summed E-state index contributed by atoms with van der Waals surface area (Å²) < 4.78 is 2.59. The Hall–Kier alpha value is -4.66. The monoisotopic (exact) mass is 776 g/mol.